The van der Waals surface area contributed by atoms with Gasteiger partial charge in [-0.2, -0.15) is 0 Å². The van der Waals surface area contributed by atoms with Gasteiger partial charge in [-0.25, -0.2) is 4.98 Å². The second-order valence-electron chi connectivity index (χ2n) is 5.48. The molecule has 3 nitrogen and oxygen atoms in total. The van der Waals surface area contributed by atoms with E-state index in [4.69, 9.17) is 4.74 Å². The first-order valence-electron chi connectivity index (χ1n) is 6.95. The third kappa shape index (κ3) is 2.50. The largest absolute Gasteiger partial charge is 0.487 e. The van der Waals surface area contributed by atoms with E-state index in [0.717, 1.165) is 30.3 Å². The zero-order valence-electron chi connectivity index (χ0n) is 11.6. The van der Waals surface area contributed by atoms with Gasteiger partial charge in [-0.3, -0.25) is 0 Å². The van der Waals surface area contributed by atoms with Gasteiger partial charge in [0.15, 0.2) is 0 Å². The molecule has 1 aromatic heterocycles. The Balaban J connectivity index is 1.74. The maximum atomic E-state index is 5.91. The van der Waals surface area contributed by atoms with Gasteiger partial charge in [0.2, 0.25) is 0 Å². The molecular formula is C16H20N2O. The molecule has 0 aliphatic carbocycles. The van der Waals surface area contributed by atoms with Gasteiger partial charge in [0.1, 0.15) is 12.4 Å². The lowest BCUT2D eigenvalue weighted by Crippen LogP contribution is -2.17. The van der Waals surface area contributed by atoms with Gasteiger partial charge in [0, 0.05) is 12.2 Å². The zero-order chi connectivity index (χ0) is 13.2. The van der Waals surface area contributed by atoms with Gasteiger partial charge < -0.3 is 9.30 Å². The van der Waals surface area contributed by atoms with E-state index in [9.17, 15) is 0 Å². The molecule has 1 unspecified atom stereocenters. The average Bonchev–Trinajstić information content (AvgIpc) is 2.80. The molecule has 1 aromatic carbocycles. The molecule has 0 saturated carbocycles. The Morgan fingerprint density at radius 2 is 2.21 bits per heavy atom. The highest BCUT2D eigenvalue weighted by atomic mass is 16.5. The van der Waals surface area contributed by atoms with Gasteiger partial charge in [-0.05, 0) is 37.3 Å². The molecule has 100 valence electrons. The quantitative estimate of drug-likeness (QED) is 0.842. The standard InChI is InChI=1S/C16H20N2O/c1-12-7-8-18-11-17-14(15(18)9-12)10-19-16-6-4-3-5-13(16)2/h3-6,11-12H,7-10H2,1-2H3. The van der Waals surface area contributed by atoms with Crippen molar-refractivity contribution in [1.29, 1.82) is 0 Å². The summed E-state index contributed by atoms with van der Waals surface area (Å²) in [4.78, 5) is 4.51. The predicted octanol–water partition coefficient (Wildman–Crippen LogP) is 3.35. The Kier molecular flexibility index (Phi) is 3.28. The molecule has 0 N–H and O–H groups in total. The molecule has 0 radical (unpaired) electrons. The summed E-state index contributed by atoms with van der Waals surface area (Å²) in [5, 5.41) is 0. The van der Waals surface area contributed by atoms with Crippen LogP contribution in [0.3, 0.4) is 0 Å². The van der Waals surface area contributed by atoms with Crippen LogP contribution in [0.2, 0.25) is 0 Å². The second kappa shape index (κ2) is 5.08. The highest BCUT2D eigenvalue weighted by Gasteiger charge is 2.19. The average molecular weight is 256 g/mol. The van der Waals surface area contributed by atoms with Crippen molar-refractivity contribution < 1.29 is 4.74 Å². The van der Waals surface area contributed by atoms with Crippen molar-refractivity contribution in [3.05, 3.63) is 47.5 Å². The Hall–Kier alpha value is -1.77. The smallest absolute Gasteiger partial charge is 0.132 e. The molecule has 1 aliphatic heterocycles. The number of benzene rings is 1. The van der Waals surface area contributed by atoms with Crippen LogP contribution in [0, 0.1) is 12.8 Å². The van der Waals surface area contributed by atoms with Crippen LogP contribution >= 0.6 is 0 Å². The van der Waals surface area contributed by atoms with Crippen molar-refractivity contribution in [2.45, 2.75) is 39.8 Å². The molecule has 3 rings (SSSR count). The number of aryl methyl sites for hydroxylation is 2. The van der Waals surface area contributed by atoms with E-state index in [2.05, 4.69) is 29.5 Å². The van der Waals surface area contributed by atoms with Crippen LogP contribution in [0.4, 0.5) is 0 Å². The molecule has 0 bridgehead atoms. The number of ether oxygens (including phenoxy) is 1. The van der Waals surface area contributed by atoms with Crippen LogP contribution < -0.4 is 4.74 Å². The SMILES string of the molecule is Cc1ccccc1OCc1ncn2c1CC(C)CC2. The van der Waals surface area contributed by atoms with E-state index in [1.54, 1.807) is 0 Å². The molecule has 3 heteroatoms. The Morgan fingerprint density at radius 1 is 1.37 bits per heavy atom. The van der Waals surface area contributed by atoms with E-state index in [1.807, 2.05) is 24.5 Å². The number of para-hydroxylation sites is 1. The molecular weight excluding hydrogens is 236 g/mol. The van der Waals surface area contributed by atoms with Crippen molar-refractivity contribution in [2.75, 3.05) is 0 Å². The van der Waals surface area contributed by atoms with Crippen LogP contribution in [0.15, 0.2) is 30.6 Å². The van der Waals surface area contributed by atoms with Gasteiger partial charge >= 0.3 is 0 Å². The Morgan fingerprint density at radius 3 is 3.05 bits per heavy atom. The van der Waals surface area contributed by atoms with Gasteiger partial charge in [0.05, 0.1) is 12.0 Å². The summed E-state index contributed by atoms with van der Waals surface area (Å²) in [6.07, 6.45) is 4.33. The molecule has 0 fully saturated rings. The number of nitrogens with zero attached hydrogens (tertiary/aromatic N) is 2. The lowest BCUT2D eigenvalue weighted by molar-refractivity contribution is 0.295. The fourth-order valence-electron chi connectivity index (χ4n) is 2.65. The summed E-state index contributed by atoms with van der Waals surface area (Å²) >= 11 is 0. The minimum atomic E-state index is 0.569. The van der Waals surface area contributed by atoms with Crippen LogP contribution in [-0.4, -0.2) is 9.55 Å². The number of aromatic nitrogens is 2. The molecule has 1 aliphatic rings. The molecule has 0 saturated heterocycles. The third-order valence-electron chi connectivity index (χ3n) is 3.90. The summed E-state index contributed by atoms with van der Waals surface area (Å²) < 4.78 is 8.18. The maximum absolute atomic E-state index is 5.91. The number of hydrogen-bond acceptors (Lipinski definition) is 2. The van der Waals surface area contributed by atoms with E-state index < -0.39 is 0 Å². The monoisotopic (exact) mass is 256 g/mol. The number of fused-ring (bicyclic) bond motifs is 1. The lowest BCUT2D eigenvalue weighted by atomic mass is 9.97. The van der Waals surface area contributed by atoms with E-state index in [-0.39, 0.29) is 0 Å². The number of hydrogen-bond donors (Lipinski definition) is 0. The highest BCUT2D eigenvalue weighted by molar-refractivity contribution is 5.32. The fraction of sp³-hybridized carbons (Fsp3) is 0.438. The maximum Gasteiger partial charge on any atom is 0.132 e. The summed E-state index contributed by atoms with van der Waals surface area (Å²) in [7, 11) is 0. The minimum absolute atomic E-state index is 0.569. The third-order valence-corrected chi connectivity index (χ3v) is 3.90. The first-order chi connectivity index (χ1) is 9.24. The normalized spacial score (nSPS) is 18.1. The van der Waals surface area contributed by atoms with Gasteiger partial charge in [-0.15, -0.1) is 0 Å². The summed E-state index contributed by atoms with van der Waals surface area (Å²) in [6, 6.07) is 8.12. The summed E-state index contributed by atoms with van der Waals surface area (Å²) in [5.74, 6) is 1.70. The molecule has 2 aromatic rings. The zero-order valence-corrected chi connectivity index (χ0v) is 11.6. The first kappa shape index (κ1) is 12.3. The highest BCUT2D eigenvalue weighted by Crippen LogP contribution is 2.24. The van der Waals surface area contributed by atoms with Crippen molar-refractivity contribution in [3.8, 4) is 5.75 Å². The molecule has 2 heterocycles. The van der Waals surface area contributed by atoms with Crippen molar-refractivity contribution in [1.82, 2.24) is 9.55 Å². The van der Waals surface area contributed by atoms with Gasteiger partial charge in [-0.1, -0.05) is 25.1 Å². The van der Waals surface area contributed by atoms with Crippen LogP contribution in [0.25, 0.3) is 0 Å². The Bertz CT molecular complexity index is 574. The Labute approximate surface area is 114 Å². The van der Waals surface area contributed by atoms with Crippen molar-refractivity contribution >= 4 is 0 Å². The molecule has 0 spiro atoms. The first-order valence-corrected chi connectivity index (χ1v) is 6.95. The molecule has 19 heavy (non-hydrogen) atoms. The van der Waals surface area contributed by atoms with Gasteiger partial charge in [0.25, 0.3) is 0 Å². The van der Waals surface area contributed by atoms with E-state index in [1.165, 1.54) is 17.7 Å². The lowest BCUT2D eigenvalue weighted by Gasteiger charge is -2.21. The van der Waals surface area contributed by atoms with E-state index in [0.29, 0.717) is 6.61 Å². The molecule has 0 amide bonds. The van der Waals surface area contributed by atoms with Crippen LogP contribution in [-0.2, 0) is 19.6 Å². The number of imidazole rings is 1. The fourth-order valence-corrected chi connectivity index (χ4v) is 2.65. The molecule has 1 atom stereocenters. The van der Waals surface area contributed by atoms with E-state index >= 15 is 0 Å². The predicted molar refractivity (Wildman–Crippen MR) is 75.2 cm³/mol. The second-order valence-corrected chi connectivity index (χ2v) is 5.48. The minimum Gasteiger partial charge on any atom is -0.487 e. The summed E-state index contributed by atoms with van der Waals surface area (Å²) in [5.41, 5.74) is 3.62. The van der Waals surface area contributed by atoms with Crippen LogP contribution in [0.5, 0.6) is 5.75 Å². The van der Waals surface area contributed by atoms with Crippen molar-refractivity contribution in [2.24, 2.45) is 5.92 Å². The van der Waals surface area contributed by atoms with Crippen molar-refractivity contribution in [3.63, 3.8) is 0 Å². The number of rotatable bonds is 3. The topological polar surface area (TPSA) is 27.1 Å². The summed E-state index contributed by atoms with van der Waals surface area (Å²) in [6.45, 7) is 6.04. The van der Waals surface area contributed by atoms with Crippen LogP contribution in [0.1, 0.15) is 30.3 Å².